The van der Waals surface area contributed by atoms with Crippen LogP contribution < -0.4 is 10.2 Å². The maximum atomic E-state index is 13.1. The fraction of sp³-hybridized carbons (Fsp3) is 0.379. The number of hydrogen-bond donors (Lipinski definition) is 6. The van der Waals surface area contributed by atoms with Gasteiger partial charge in [0.1, 0.15) is 41.5 Å². The van der Waals surface area contributed by atoms with Crippen molar-refractivity contribution in [1.82, 2.24) is 0 Å². The second-order valence-electron chi connectivity index (χ2n) is 9.89. The van der Waals surface area contributed by atoms with Crippen LogP contribution in [0.1, 0.15) is 35.5 Å². The molecule has 1 aliphatic rings. The first-order valence-corrected chi connectivity index (χ1v) is 12.8. The summed E-state index contributed by atoms with van der Waals surface area (Å²) >= 11 is 0. The van der Waals surface area contributed by atoms with E-state index in [-0.39, 0.29) is 40.2 Å². The minimum Gasteiger partial charge on any atom is -0.504 e. The van der Waals surface area contributed by atoms with Gasteiger partial charge in [-0.05, 0) is 49.2 Å². The van der Waals surface area contributed by atoms with Crippen LogP contribution in [0.3, 0.4) is 0 Å². The van der Waals surface area contributed by atoms with Crippen molar-refractivity contribution in [2.24, 2.45) is 0 Å². The fourth-order valence-electron chi connectivity index (χ4n) is 4.83. The topological polar surface area (TPSA) is 196 Å². The van der Waals surface area contributed by atoms with Gasteiger partial charge in [0.2, 0.25) is 0 Å². The molecule has 0 aliphatic carbocycles. The number of phenolic OH excluding ortho intramolecular Hbond substituents is 2. The summed E-state index contributed by atoms with van der Waals surface area (Å²) in [6.45, 7) is 2.50. The Kier molecular flexibility index (Phi) is 9.00. The molecule has 0 unspecified atom stereocenters. The van der Waals surface area contributed by atoms with Gasteiger partial charge >= 0.3 is 5.97 Å². The number of aromatic hydroxyl groups is 2. The van der Waals surface area contributed by atoms with Crippen LogP contribution in [-0.4, -0.2) is 80.8 Å². The Balaban J connectivity index is 1.82. The van der Waals surface area contributed by atoms with E-state index in [1.807, 2.05) is 0 Å². The highest BCUT2D eigenvalue weighted by Crippen LogP contribution is 2.43. The quantitative estimate of drug-likeness (QED) is 0.128. The first-order chi connectivity index (χ1) is 19.4. The summed E-state index contributed by atoms with van der Waals surface area (Å²) in [4.78, 5) is 26.0. The first-order valence-electron chi connectivity index (χ1n) is 12.8. The van der Waals surface area contributed by atoms with E-state index < -0.39 is 60.4 Å². The first kappa shape index (κ1) is 30.0. The van der Waals surface area contributed by atoms with E-state index in [2.05, 4.69) is 0 Å². The molecule has 12 nitrogen and oxygen atoms in total. The minimum atomic E-state index is -1.74. The Bertz CT molecular complexity index is 1510. The number of hydrogen-bond acceptors (Lipinski definition) is 12. The number of carbonyl (C=O) groups is 1. The fourth-order valence-corrected chi connectivity index (χ4v) is 4.83. The third-order valence-electron chi connectivity index (χ3n) is 6.78. The van der Waals surface area contributed by atoms with Gasteiger partial charge in [0.25, 0.3) is 0 Å². The van der Waals surface area contributed by atoms with Gasteiger partial charge in [-0.2, -0.15) is 0 Å². The van der Waals surface area contributed by atoms with E-state index in [9.17, 15) is 40.2 Å². The number of esters is 1. The number of aliphatic hydroxyl groups excluding tert-OH is 4. The zero-order valence-electron chi connectivity index (χ0n) is 22.6. The highest BCUT2D eigenvalue weighted by molar-refractivity contribution is 5.88. The van der Waals surface area contributed by atoms with Crippen LogP contribution in [0.4, 0.5) is 0 Å². The molecule has 0 bridgehead atoms. The van der Waals surface area contributed by atoms with Crippen LogP contribution in [-0.2, 0) is 20.7 Å². The van der Waals surface area contributed by atoms with Crippen LogP contribution in [0, 0.1) is 6.92 Å². The van der Waals surface area contributed by atoms with Gasteiger partial charge < -0.3 is 49.3 Å². The molecule has 0 radical (unpaired) electrons. The molecule has 41 heavy (non-hydrogen) atoms. The number of methoxy groups -OCH3 is 1. The lowest BCUT2D eigenvalue weighted by molar-refractivity contribution is -0.239. The summed E-state index contributed by atoms with van der Waals surface area (Å²) in [5.41, 5.74) is 0.542. The average Bonchev–Trinajstić information content (AvgIpc) is 2.91. The summed E-state index contributed by atoms with van der Waals surface area (Å²) in [6, 6.07) is 6.69. The molecule has 0 saturated carbocycles. The Hall–Kier alpha value is -3.94. The number of carbonyl (C=O) groups excluding carboxylic acids is 1. The van der Waals surface area contributed by atoms with Crippen LogP contribution >= 0.6 is 0 Å². The second kappa shape index (κ2) is 12.3. The SMILES string of the molecule is COc1cc(C)c2c(=O)cc(C[C@@H](C)O)oc2c1[C@@H]1O[C@H](CO)[C@@H](O)[C@H](O)[C@H]1OC(=O)C=Cc1ccc(O)c(O)c1. The molecule has 4 rings (SSSR count). The van der Waals surface area contributed by atoms with Gasteiger partial charge in [0.15, 0.2) is 23.0 Å². The van der Waals surface area contributed by atoms with Crippen molar-refractivity contribution in [2.45, 2.75) is 56.9 Å². The van der Waals surface area contributed by atoms with E-state index in [0.29, 0.717) is 11.1 Å². The molecule has 6 atom stereocenters. The lowest BCUT2D eigenvalue weighted by Gasteiger charge is -2.42. The molecule has 0 spiro atoms. The lowest BCUT2D eigenvalue weighted by atomic mass is 9.89. The minimum absolute atomic E-state index is 0.00596. The van der Waals surface area contributed by atoms with Gasteiger partial charge in [-0.15, -0.1) is 0 Å². The molecule has 12 heteroatoms. The van der Waals surface area contributed by atoms with Crippen molar-refractivity contribution in [2.75, 3.05) is 13.7 Å². The maximum absolute atomic E-state index is 13.1. The zero-order chi connectivity index (χ0) is 30.0. The normalized spacial score (nSPS) is 23.5. The number of fused-ring (bicyclic) bond motifs is 1. The van der Waals surface area contributed by atoms with Crippen molar-refractivity contribution in [1.29, 1.82) is 0 Å². The molecule has 3 aromatic rings. The number of ether oxygens (including phenoxy) is 3. The Morgan fingerprint density at radius 1 is 1.12 bits per heavy atom. The van der Waals surface area contributed by atoms with Gasteiger partial charge in [0.05, 0.1) is 30.8 Å². The second-order valence-corrected chi connectivity index (χ2v) is 9.89. The molecule has 1 saturated heterocycles. The lowest BCUT2D eigenvalue weighted by Crippen LogP contribution is -2.56. The summed E-state index contributed by atoms with van der Waals surface area (Å²) < 4.78 is 23.1. The highest BCUT2D eigenvalue weighted by atomic mass is 16.6. The predicted octanol–water partition coefficient (Wildman–Crippen LogP) is 1.22. The molecule has 1 fully saturated rings. The molecule has 2 heterocycles. The number of benzene rings is 2. The average molecular weight is 573 g/mol. The van der Waals surface area contributed by atoms with Crippen LogP contribution in [0.5, 0.6) is 17.2 Å². The summed E-state index contributed by atoms with van der Waals surface area (Å²) in [7, 11) is 1.36. The van der Waals surface area contributed by atoms with Gasteiger partial charge in [-0.3, -0.25) is 4.79 Å². The molecule has 1 aliphatic heterocycles. The number of phenols is 2. The van der Waals surface area contributed by atoms with Gasteiger partial charge in [-0.25, -0.2) is 4.79 Å². The number of rotatable bonds is 8. The van der Waals surface area contributed by atoms with Crippen molar-refractivity contribution in [3.05, 3.63) is 69.1 Å². The van der Waals surface area contributed by atoms with E-state index in [0.717, 1.165) is 6.08 Å². The van der Waals surface area contributed by atoms with Gasteiger partial charge in [0, 0.05) is 18.6 Å². The van der Waals surface area contributed by atoms with E-state index in [1.54, 1.807) is 13.0 Å². The molecule has 2 aromatic carbocycles. The highest BCUT2D eigenvalue weighted by Gasteiger charge is 2.49. The van der Waals surface area contributed by atoms with E-state index in [1.165, 1.54) is 44.4 Å². The van der Waals surface area contributed by atoms with Crippen LogP contribution in [0.2, 0.25) is 0 Å². The van der Waals surface area contributed by atoms with E-state index >= 15 is 0 Å². The predicted molar refractivity (Wildman–Crippen MR) is 145 cm³/mol. The molecule has 220 valence electrons. The van der Waals surface area contributed by atoms with Crippen molar-refractivity contribution < 1.29 is 54.1 Å². The van der Waals surface area contributed by atoms with E-state index in [4.69, 9.17) is 18.6 Å². The smallest absolute Gasteiger partial charge is 0.331 e. The molecular weight excluding hydrogens is 540 g/mol. The zero-order valence-corrected chi connectivity index (χ0v) is 22.6. The van der Waals surface area contributed by atoms with Crippen molar-refractivity contribution in [3.63, 3.8) is 0 Å². The summed E-state index contributed by atoms with van der Waals surface area (Å²) in [5, 5.41) is 60.7. The Labute approximate surface area is 234 Å². The third-order valence-corrected chi connectivity index (χ3v) is 6.78. The standard InChI is InChI=1S/C29H32O12/c1-13-8-20(38-3)24(27-23(13)19(34)11-16(39-27)9-14(2)31)28-29(26(37)25(36)21(12-30)40-28)41-22(35)7-5-15-4-6-17(32)18(33)10-15/h4-8,10-11,14,21,25-26,28-33,36-37H,9,12H2,1-3H3/t14-,21-,25-,26+,28+,29-/m1/s1. The Morgan fingerprint density at radius 2 is 1.85 bits per heavy atom. The molecule has 0 amide bonds. The number of aryl methyl sites for hydroxylation is 1. The summed E-state index contributed by atoms with van der Waals surface area (Å²) in [5.74, 6) is -1.38. The molecular formula is C29H32O12. The monoisotopic (exact) mass is 572 g/mol. The Morgan fingerprint density at radius 3 is 2.49 bits per heavy atom. The van der Waals surface area contributed by atoms with Gasteiger partial charge in [-0.1, -0.05) is 6.07 Å². The molecule has 1 aromatic heterocycles. The number of aliphatic hydroxyl groups is 4. The van der Waals surface area contributed by atoms with Crippen molar-refractivity contribution >= 4 is 23.0 Å². The van der Waals surface area contributed by atoms with Crippen LogP contribution in [0.15, 0.2) is 45.6 Å². The van der Waals surface area contributed by atoms with Crippen LogP contribution in [0.25, 0.3) is 17.0 Å². The third kappa shape index (κ3) is 6.21. The van der Waals surface area contributed by atoms with Crippen molar-refractivity contribution in [3.8, 4) is 17.2 Å². The maximum Gasteiger partial charge on any atom is 0.331 e. The largest absolute Gasteiger partial charge is 0.504 e. The molecule has 6 N–H and O–H groups in total. The summed E-state index contributed by atoms with van der Waals surface area (Å²) in [6.07, 6.45) is -6.15.